The van der Waals surface area contributed by atoms with Gasteiger partial charge in [0.1, 0.15) is 17.5 Å². The zero-order chi connectivity index (χ0) is 24.3. The van der Waals surface area contributed by atoms with Gasteiger partial charge in [-0.05, 0) is 61.6 Å². The molecule has 0 fully saturated rings. The van der Waals surface area contributed by atoms with E-state index in [0.717, 1.165) is 30.6 Å². The highest BCUT2D eigenvalue weighted by Gasteiger charge is 2.24. The van der Waals surface area contributed by atoms with Gasteiger partial charge >= 0.3 is 0 Å². The second-order valence-corrected chi connectivity index (χ2v) is 8.47. The van der Waals surface area contributed by atoms with E-state index in [1.54, 1.807) is 31.4 Å². The van der Waals surface area contributed by atoms with Crippen molar-refractivity contribution in [3.63, 3.8) is 0 Å². The van der Waals surface area contributed by atoms with Crippen LogP contribution in [-0.4, -0.2) is 44.0 Å². The van der Waals surface area contributed by atoms with Crippen molar-refractivity contribution in [2.45, 2.75) is 44.7 Å². The fraction of sp³-hybridized carbons (Fsp3) is 0.400. The Balaban J connectivity index is 1.75. The first-order valence-corrected chi connectivity index (χ1v) is 11.7. The van der Waals surface area contributed by atoms with Crippen LogP contribution in [0.5, 0.6) is 11.5 Å². The normalized spacial score (nSPS) is 17.6. The summed E-state index contributed by atoms with van der Waals surface area (Å²) < 4.78 is 11.0. The largest absolute Gasteiger partial charge is 0.497 e. The minimum absolute atomic E-state index is 0.111. The van der Waals surface area contributed by atoms with Crippen LogP contribution < -0.4 is 25.4 Å². The quantitative estimate of drug-likeness (QED) is 0.614. The van der Waals surface area contributed by atoms with Crippen LogP contribution in [0.15, 0.2) is 42.5 Å². The summed E-state index contributed by atoms with van der Waals surface area (Å²) >= 11 is 6.12. The molecule has 0 radical (unpaired) electrons. The molecule has 0 aliphatic carbocycles. The second kappa shape index (κ2) is 12.8. The lowest BCUT2D eigenvalue weighted by atomic mass is 10.1. The maximum Gasteiger partial charge on any atom is 0.255 e. The highest BCUT2D eigenvalue weighted by molar-refractivity contribution is 6.31. The number of hydrogen-bond acceptors (Lipinski definition) is 5. The summed E-state index contributed by atoms with van der Waals surface area (Å²) in [6.07, 6.45) is 2.76. The summed E-state index contributed by atoms with van der Waals surface area (Å²) in [4.78, 5) is 38.3. The van der Waals surface area contributed by atoms with Gasteiger partial charge in [0.05, 0.1) is 19.3 Å². The van der Waals surface area contributed by atoms with Gasteiger partial charge < -0.3 is 25.4 Å². The number of carbonyl (C=O) groups is 3. The number of nitrogens with one attached hydrogen (secondary N) is 3. The number of amides is 3. The lowest BCUT2D eigenvalue weighted by molar-refractivity contribution is -0.124. The molecule has 3 rings (SSSR count). The first-order valence-electron chi connectivity index (χ1n) is 11.4. The van der Waals surface area contributed by atoms with Crippen molar-refractivity contribution in [1.82, 2.24) is 16.0 Å². The minimum Gasteiger partial charge on any atom is -0.497 e. The summed E-state index contributed by atoms with van der Waals surface area (Å²) in [5.41, 5.74) is 1.13. The highest BCUT2D eigenvalue weighted by Crippen LogP contribution is 2.24. The lowest BCUT2D eigenvalue weighted by Crippen LogP contribution is -2.47. The van der Waals surface area contributed by atoms with Gasteiger partial charge in [-0.2, -0.15) is 0 Å². The van der Waals surface area contributed by atoms with Gasteiger partial charge in [0.2, 0.25) is 11.8 Å². The van der Waals surface area contributed by atoms with Crippen LogP contribution in [0.3, 0.4) is 0 Å². The van der Waals surface area contributed by atoms with Gasteiger partial charge in [-0.15, -0.1) is 0 Å². The lowest BCUT2D eigenvalue weighted by Gasteiger charge is -2.19. The molecule has 0 spiro atoms. The maximum absolute atomic E-state index is 13.1. The molecule has 8 nitrogen and oxygen atoms in total. The predicted octanol–water partition coefficient (Wildman–Crippen LogP) is 3.22. The number of rotatable bonds is 4. The van der Waals surface area contributed by atoms with Crippen LogP contribution in [-0.2, 0) is 16.1 Å². The molecule has 0 saturated heterocycles. The molecule has 0 saturated carbocycles. The van der Waals surface area contributed by atoms with E-state index in [-0.39, 0.29) is 36.8 Å². The molecule has 3 N–H and O–H groups in total. The Morgan fingerprint density at radius 2 is 1.94 bits per heavy atom. The zero-order valence-electron chi connectivity index (χ0n) is 19.2. The van der Waals surface area contributed by atoms with Gasteiger partial charge in [0, 0.05) is 24.5 Å². The molecular formula is C25H30ClN3O5. The average Bonchev–Trinajstić information content (AvgIpc) is 2.85. The van der Waals surface area contributed by atoms with E-state index in [2.05, 4.69) is 16.0 Å². The minimum atomic E-state index is -0.909. The Hall–Kier alpha value is -3.26. The van der Waals surface area contributed by atoms with E-state index in [9.17, 15) is 14.4 Å². The molecule has 34 heavy (non-hydrogen) atoms. The molecule has 1 aliphatic rings. The number of fused-ring (bicyclic) bond motifs is 1. The molecule has 9 heteroatoms. The third-order valence-corrected chi connectivity index (χ3v) is 5.73. The summed E-state index contributed by atoms with van der Waals surface area (Å²) in [5, 5.41) is 8.84. The summed E-state index contributed by atoms with van der Waals surface area (Å²) in [6.45, 7) is 1.26. The van der Waals surface area contributed by atoms with Crippen LogP contribution in [0.2, 0.25) is 5.02 Å². The number of ether oxygens (including phenoxy) is 2. The van der Waals surface area contributed by atoms with Crippen molar-refractivity contribution in [2.24, 2.45) is 0 Å². The van der Waals surface area contributed by atoms with Crippen molar-refractivity contribution in [2.75, 3.05) is 20.3 Å². The monoisotopic (exact) mass is 487 g/mol. The van der Waals surface area contributed by atoms with Crippen LogP contribution in [0.25, 0.3) is 0 Å². The number of halogens is 1. The SMILES string of the molecule is COc1ccc(CNC(=O)[C@@H]2CCC(=O)NCCCCCOc3ccc(Cl)cc3C(=O)N2)cc1. The molecule has 0 unspecified atom stereocenters. The van der Waals surface area contributed by atoms with Crippen molar-refractivity contribution >= 4 is 29.3 Å². The van der Waals surface area contributed by atoms with Gasteiger partial charge in [-0.3, -0.25) is 14.4 Å². The van der Waals surface area contributed by atoms with Crippen molar-refractivity contribution in [1.29, 1.82) is 0 Å². The first kappa shape index (κ1) is 25.4. The van der Waals surface area contributed by atoms with Crippen LogP contribution >= 0.6 is 11.6 Å². The van der Waals surface area contributed by atoms with Gasteiger partial charge in [-0.25, -0.2) is 0 Å². The predicted molar refractivity (Wildman–Crippen MR) is 129 cm³/mol. The smallest absolute Gasteiger partial charge is 0.255 e. The third kappa shape index (κ3) is 7.66. The third-order valence-electron chi connectivity index (χ3n) is 5.49. The fourth-order valence-electron chi connectivity index (χ4n) is 3.54. The van der Waals surface area contributed by atoms with E-state index in [4.69, 9.17) is 21.1 Å². The van der Waals surface area contributed by atoms with E-state index in [1.807, 2.05) is 12.1 Å². The van der Waals surface area contributed by atoms with E-state index < -0.39 is 11.9 Å². The average molecular weight is 488 g/mol. The van der Waals surface area contributed by atoms with Crippen molar-refractivity contribution < 1.29 is 23.9 Å². The standard InChI is InChI=1S/C25H30ClN3O5/c1-33-19-8-5-17(6-9-19)16-28-25(32)21-10-12-23(30)27-13-3-2-4-14-34-22-11-7-18(26)15-20(22)24(31)29-21/h5-9,11,15,21H,2-4,10,12-14,16H2,1H3,(H,27,30)(H,28,32)(H,29,31)/t21-/m0/s1. The van der Waals surface area contributed by atoms with E-state index >= 15 is 0 Å². The van der Waals surface area contributed by atoms with Crippen molar-refractivity contribution in [3.05, 3.63) is 58.6 Å². The molecule has 0 aromatic heterocycles. The van der Waals surface area contributed by atoms with Gasteiger partial charge in [-0.1, -0.05) is 23.7 Å². The van der Waals surface area contributed by atoms with Crippen LogP contribution in [0, 0.1) is 0 Å². The molecule has 2 aromatic rings. The Bertz CT molecular complexity index is 997. The van der Waals surface area contributed by atoms with Crippen molar-refractivity contribution in [3.8, 4) is 11.5 Å². The summed E-state index contributed by atoms with van der Waals surface area (Å²) in [7, 11) is 1.58. The topological polar surface area (TPSA) is 106 Å². The number of hydrogen-bond donors (Lipinski definition) is 3. The van der Waals surface area contributed by atoms with E-state index in [0.29, 0.717) is 23.9 Å². The Kier molecular flexibility index (Phi) is 9.58. The molecule has 182 valence electrons. The first-order chi connectivity index (χ1) is 16.5. The Morgan fingerprint density at radius 1 is 1.15 bits per heavy atom. The molecule has 3 amide bonds. The van der Waals surface area contributed by atoms with Gasteiger partial charge in [0.25, 0.3) is 5.91 Å². The highest BCUT2D eigenvalue weighted by atomic mass is 35.5. The molecular weight excluding hydrogens is 458 g/mol. The second-order valence-electron chi connectivity index (χ2n) is 8.03. The summed E-state index contributed by atoms with van der Waals surface area (Å²) in [6, 6.07) is 11.2. The molecule has 1 aliphatic heterocycles. The number of carbonyl (C=O) groups excluding carboxylic acids is 3. The Morgan fingerprint density at radius 3 is 2.71 bits per heavy atom. The number of methoxy groups -OCH3 is 1. The Labute approximate surface area is 204 Å². The molecule has 0 bridgehead atoms. The molecule has 2 aromatic carbocycles. The summed E-state index contributed by atoms with van der Waals surface area (Å²) in [5.74, 6) is 0.0954. The van der Waals surface area contributed by atoms with E-state index in [1.165, 1.54) is 6.07 Å². The molecule has 1 heterocycles. The van der Waals surface area contributed by atoms with Crippen LogP contribution in [0.1, 0.15) is 48.0 Å². The fourth-order valence-corrected chi connectivity index (χ4v) is 3.72. The van der Waals surface area contributed by atoms with Crippen LogP contribution in [0.4, 0.5) is 0 Å². The zero-order valence-corrected chi connectivity index (χ0v) is 20.0. The van der Waals surface area contributed by atoms with Gasteiger partial charge in [0.15, 0.2) is 0 Å². The number of benzene rings is 2. The maximum atomic E-state index is 13.1. The molecule has 1 atom stereocenters.